The Balaban J connectivity index is 2.34. The van der Waals surface area contributed by atoms with Crippen LogP contribution in [0.25, 0.3) is 0 Å². The Morgan fingerprint density at radius 1 is 1.40 bits per heavy atom. The fraction of sp³-hybridized carbons (Fsp3) is 0.200. The molecule has 1 aromatic carbocycles. The lowest BCUT2D eigenvalue weighted by Crippen LogP contribution is -2.25. The summed E-state index contributed by atoms with van der Waals surface area (Å²) in [5.74, 6) is -0.0152. The van der Waals surface area contributed by atoms with Crippen molar-refractivity contribution in [1.82, 2.24) is 5.43 Å². The number of carbonyl (C=O) groups is 1. The average Bonchev–Trinajstić information content (AvgIpc) is 2.20. The van der Waals surface area contributed by atoms with E-state index in [4.69, 9.17) is 5.73 Å². The largest absolute Gasteiger partial charge is 0.507 e. The van der Waals surface area contributed by atoms with Gasteiger partial charge >= 0.3 is 0 Å². The number of aromatic hydroxyl groups is 1. The molecule has 0 unspecified atom stereocenters. The Morgan fingerprint density at radius 2 is 2.20 bits per heavy atom. The molecule has 1 aromatic rings. The lowest BCUT2D eigenvalue weighted by atomic mass is 10.0. The number of hydrazone groups is 1. The average molecular weight is 205 g/mol. The topological polar surface area (TPSA) is 87.7 Å². The number of phenols is 1. The SMILES string of the molecule is Nc1ccc(C2=NNC(=O)CC2)c(O)c1. The van der Waals surface area contributed by atoms with Crippen LogP contribution < -0.4 is 11.2 Å². The van der Waals surface area contributed by atoms with Gasteiger partial charge in [-0.25, -0.2) is 5.43 Å². The van der Waals surface area contributed by atoms with Crippen LogP contribution >= 0.6 is 0 Å². The van der Waals surface area contributed by atoms with Crippen molar-refractivity contribution < 1.29 is 9.90 Å². The second kappa shape index (κ2) is 3.61. The highest BCUT2D eigenvalue weighted by molar-refractivity contribution is 6.06. The quantitative estimate of drug-likeness (QED) is 0.586. The molecule has 78 valence electrons. The Morgan fingerprint density at radius 3 is 2.80 bits per heavy atom. The number of rotatable bonds is 1. The summed E-state index contributed by atoms with van der Waals surface area (Å²) in [6, 6.07) is 4.85. The van der Waals surface area contributed by atoms with Crippen molar-refractivity contribution in [3.8, 4) is 5.75 Å². The van der Waals surface area contributed by atoms with Gasteiger partial charge in [0.25, 0.3) is 0 Å². The molecule has 0 atom stereocenters. The minimum atomic E-state index is -0.103. The monoisotopic (exact) mass is 205 g/mol. The van der Waals surface area contributed by atoms with E-state index in [2.05, 4.69) is 10.5 Å². The van der Waals surface area contributed by atoms with Gasteiger partial charge in [-0.15, -0.1) is 0 Å². The summed E-state index contributed by atoms with van der Waals surface area (Å²) in [6.45, 7) is 0. The van der Waals surface area contributed by atoms with E-state index in [0.717, 1.165) is 0 Å². The zero-order chi connectivity index (χ0) is 10.8. The highest BCUT2D eigenvalue weighted by Gasteiger charge is 2.15. The summed E-state index contributed by atoms with van der Waals surface area (Å²) < 4.78 is 0. The Hall–Kier alpha value is -2.04. The van der Waals surface area contributed by atoms with E-state index in [1.165, 1.54) is 6.07 Å². The third-order valence-corrected chi connectivity index (χ3v) is 2.24. The molecule has 15 heavy (non-hydrogen) atoms. The van der Waals surface area contributed by atoms with Crippen molar-refractivity contribution in [3.63, 3.8) is 0 Å². The van der Waals surface area contributed by atoms with E-state index < -0.39 is 0 Å². The van der Waals surface area contributed by atoms with E-state index in [1.54, 1.807) is 12.1 Å². The molecule has 0 saturated heterocycles. The fourth-order valence-corrected chi connectivity index (χ4v) is 1.46. The first kappa shape index (κ1) is 9.51. The first-order chi connectivity index (χ1) is 7.16. The minimum absolute atomic E-state index is 0.0879. The number of benzene rings is 1. The molecule has 0 spiro atoms. The number of amides is 1. The van der Waals surface area contributed by atoms with Gasteiger partial charge in [0.05, 0.1) is 5.71 Å². The summed E-state index contributed by atoms with van der Waals surface area (Å²) in [5, 5.41) is 13.5. The molecule has 0 radical (unpaired) electrons. The zero-order valence-corrected chi connectivity index (χ0v) is 8.03. The maximum Gasteiger partial charge on any atom is 0.240 e. The van der Waals surface area contributed by atoms with E-state index in [9.17, 15) is 9.90 Å². The number of phenolic OH excluding ortho intramolecular Hbond substituents is 1. The summed E-state index contributed by atoms with van der Waals surface area (Å²) in [7, 11) is 0. The zero-order valence-electron chi connectivity index (χ0n) is 8.03. The summed E-state index contributed by atoms with van der Waals surface area (Å²) in [6.07, 6.45) is 0.923. The normalized spacial score (nSPS) is 15.7. The molecule has 1 aliphatic rings. The van der Waals surface area contributed by atoms with Gasteiger partial charge in [0.15, 0.2) is 0 Å². The molecule has 0 aromatic heterocycles. The van der Waals surface area contributed by atoms with Crippen molar-refractivity contribution in [1.29, 1.82) is 0 Å². The Labute approximate surface area is 86.6 Å². The summed E-state index contributed by atoms with van der Waals surface area (Å²) in [5.41, 5.74) is 9.67. The molecule has 5 heteroatoms. The molecule has 5 nitrogen and oxygen atoms in total. The van der Waals surface area contributed by atoms with E-state index in [-0.39, 0.29) is 11.7 Å². The van der Waals surface area contributed by atoms with E-state index in [1.807, 2.05) is 0 Å². The first-order valence-electron chi connectivity index (χ1n) is 4.61. The predicted octanol–water partition coefficient (Wildman–Crippen LogP) is 0.588. The summed E-state index contributed by atoms with van der Waals surface area (Å²) >= 11 is 0. The van der Waals surface area contributed by atoms with Crippen LogP contribution in [-0.2, 0) is 4.79 Å². The van der Waals surface area contributed by atoms with E-state index in [0.29, 0.717) is 29.8 Å². The highest BCUT2D eigenvalue weighted by Crippen LogP contribution is 2.23. The maximum atomic E-state index is 10.9. The maximum absolute atomic E-state index is 10.9. The highest BCUT2D eigenvalue weighted by atomic mass is 16.3. The Bertz CT molecular complexity index is 440. The molecule has 0 saturated carbocycles. The molecule has 1 aliphatic heterocycles. The molecular formula is C10H11N3O2. The van der Waals surface area contributed by atoms with Crippen LogP contribution in [0.2, 0.25) is 0 Å². The van der Waals surface area contributed by atoms with Crippen LogP contribution in [0.15, 0.2) is 23.3 Å². The second-order valence-electron chi connectivity index (χ2n) is 3.37. The smallest absolute Gasteiger partial charge is 0.240 e. The van der Waals surface area contributed by atoms with Crippen molar-refractivity contribution >= 4 is 17.3 Å². The first-order valence-corrected chi connectivity index (χ1v) is 4.61. The van der Waals surface area contributed by atoms with Gasteiger partial charge in [-0.05, 0) is 12.1 Å². The summed E-state index contributed by atoms with van der Waals surface area (Å²) in [4.78, 5) is 10.9. The van der Waals surface area contributed by atoms with Crippen LogP contribution in [0.3, 0.4) is 0 Å². The second-order valence-corrected chi connectivity index (χ2v) is 3.37. The van der Waals surface area contributed by atoms with Crippen molar-refractivity contribution in [2.24, 2.45) is 5.10 Å². The number of hydrogen-bond donors (Lipinski definition) is 3. The Kier molecular flexibility index (Phi) is 2.29. The van der Waals surface area contributed by atoms with Gasteiger partial charge in [-0.2, -0.15) is 5.10 Å². The molecule has 1 amide bonds. The van der Waals surface area contributed by atoms with Gasteiger partial charge in [-0.3, -0.25) is 4.79 Å². The van der Waals surface area contributed by atoms with Gasteiger partial charge in [-0.1, -0.05) is 0 Å². The number of nitrogens with two attached hydrogens (primary N) is 1. The minimum Gasteiger partial charge on any atom is -0.507 e. The number of hydrogen-bond acceptors (Lipinski definition) is 4. The van der Waals surface area contributed by atoms with Gasteiger partial charge in [0.2, 0.25) is 5.91 Å². The predicted molar refractivity (Wildman–Crippen MR) is 56.4 cm³/mol. The third kappa shape index (κ3) is 1.90. The lowest BCUT2D eigenvalue weighted by Gasteiger charge is -2.13. The molecule has 0 aliphatic carbocycles. The third-order valence-electron chi connectivity index (χ3n) is 2.24. The van der Waals surface area contributed by atoms with Crippen molar-refractivity contribution in [2.45, 2.75) is 12.8 Å². The van der Waals surface area contributed by atoms with Crippen molar-refractivity contribution in [3.05, 3.63) is 23.8 Å². The molecule has 4 N–H and O–H groups in total. The van der Waals surface area contributed by atoms with Gasteiger partial charge < -0.3 is 10.8 Å². The van der Waals surface area contributed by atoms with Crippen LogP contribution in [0, 0.1) is 0 Å². The van der Waals surface area contributed by atoms with Gasteiger partial charge in [0, 0.05) is 30.2 Å². The number of nitrogens with one attached hydrogen (secondary N) is 1. The number of anilines is 1. The molecule has 1 heterocycles. The van der Waals surface area contributed by atoms with Gasteiger partial charge in [0.1, 0.15) is 5.75 Å². The van der Waals surface area contributed by atoms with Crippen LogP contribution in [0.5, 0.6) is 5.75 Å². The van der Waals surface area contributed by atoms with Crippen LogP contribution in [-0.4, -0.2) is 16.7 Å². The molecule has 2 rings (SSSR count). The fourth-order valence-electron chi connectivity index (χ4n) is 1.46. The van der Waals surface area contributed by atoms with Crippen LogP contribution in [0.4, 0.5) is 5.69 Å². The number of carbonyl (C=O) groups excluding carboxylic acids is 1. The van der Waals surface area contributed by atoms with E-state index >= 15 is 0 Å². The number of nitrogens with zero attached hydrogens (tertiary/aromatic N) is 1. The van der Waals surface area contributed by atoms with Crippen LogP contribution in [0.1, 0.15) is 18.4 Å². The molecule has 0 bridgehead atoms. The van der Waals surface area contributed by atoms with Crippen molar-refractivity contribution in [2.75, 3.05) is 5.73 Å². The molecule has 0 fully saturated rings. The number of nitrogen functional groups attached to an aromatic ring is 1. The standard InChI is InChI=1S/C10H11N3O2/c11-6-1-2-7(9(14)5-6)8-3-4-10(15)13-12-8/h1-2,5,14H,3-4,11H2,(H,13,15). The lowest BCUT2D eigenvalue weighted by molar-refractivity contribution is -0.121. The molecular weight excluding hydrogens is 194 g/mol.